The van der Waals surface area contributed by atoms with Crippen molar-refractivity contribution >= 4 is 12.0 Å². The molecular formula is C30H39F3N2O6. The summed E-state index contributed by atoms with van der Waals surface area (Å²) in [5.41, 5.74) is 2.88. The van der Waals surface area contributed by atoms with Gasteiger partial charge in [0.25, 0.3) is 0 Å². The molecule has 4 rings (SSSR count). The SMILES string of the molecule is CCCOC(=O)C1CCCCN1C(=O)N1CCc2cc(OC)cc(OC)c2C1C.Cc1cccc(OC(F)(F)F)c1. The van der Waals surface area contributed by atoms with Crippen molar-refractivity contribution in [2.45, 2.75) is 71.3 Å². The maximum Gasteiger partial charge on any atom is 0.573 e. The summed E-state index contributed by atoms with van der Waals surface area (Å²) in [5, 5.41) is 0. The fourth-order valence-corrected chi connectivity index (χ4v) is 5.16. The maximum absolute atomic E-state index is 13.5. The zero-order chi connectivity index (χ0) is 30.2. The van der Waals surface area contributed by atoms with Gasteiger partial charge in [-0.25, -0.2) is 9.59 Å². The first kappa shape index (κ1) is 31.9. The first-order chi connectivity index (χ1) is 19.5. The van der Waals surface area contributed by atoms with Crippen LogP contribution < -0.4 is 14.2 Å². The standard InChI is InChI=1S/C22H32N2O5.C8H7F3O/c1-5-12-29-21(25)18-8-6-7-10-24(18)22(26)23-11-9-16-13-17(27-3)14-19(28-4)20(16)15(23)2;1-6-3-2-4-7(5-6)12-8(9,10)11/h13-15,18H,5-12H2,1-4H3;2-5H,1H3. The Morgan fingerprint density at radius 3 is 2.39 bits per heavy atom. The molecule has 2 heterocycles. The number of hydrogen-bond donors (Lipinski definition) is 0. The van der Waals surface area contributed by atoms with Gasteiger partial charge in [0.1, 0.15) is 23.3 Å². The highest BCUT2D eigenvalue weighted by atomic mass is 19.4. The number of aryl methyl sites for hydroxylation is 1. The lowest BCUT2D eigenvalue weighted by atomic mass is 9.92. The molecule has 11 heteroatoms. The van der Waals surface area contributed by atoms with Crippen molar-refractivity contribution in [1.29, 1.82) is 0 Å². The van der Waals surface area contributed by atoms with Crippen LogP contribution in [0.15, 0.2) is 36.4 Å². The highest BCUT2D eigenvalue weighted by Gasteiger charge is 2.39. The molecule has 2 aromatic carbocycles. The molecule has 0 aliphatic carbocycles. The van der Waals surface area contributed by atoms with Gasteiger partial charge in [-0.3, -0.25) is 0 Å². The molecule has 0 radical (unpaired) electrons. The van der Waals surface area contributed by atoms with E-state index in [0.717, 1.165) is 53.9 Å². The number of benzene rings is 2. The molecule has 0 bridgehead atoms. The number of fused-ring (bicyclic) bond motifs is 1. The third-order valence-electron chi connectivity index (χ3n) is 7.10. The van der Waals surface area contributed by atoms with Crippen LogP contribution in [0.5, 0.6) is 17.2 Å². The van der Waals surface area contributed by atoms with Crippen molar-refractivity contribution in [2.24, 2.45) is 0 Å². The number of carbonyl (C=O) groups is 2. The minimum absolute atomic E-state index is 0.0980. The third-order valence-corrected chi connectivity index (χ3v) is 7.10. The number of methoxy groups -OCH3 is 2. The van der Waals surface area contributed by atoms with E-state index in [4.69, 9.17) is 14.2 Å². The Hall–Kier alpha value is -3.63. The zero-order valence-electron chi connectivity index (χ0n) is 24.3. The summed E-state index contributed by atoms with van der Waals surface area (Å²) in [6.45, 7) is 7.25. The molecule has 1 fully saturated rings. The van der Waals surface area contributed by atoms with Crippen LogP contribution in [0, 0.1) is 6.92 Å². The van der Waals surface area contributed by atoms with Crippen LogP contribution in [0.2, 0.25) is 0 Å². The number of esters is 1. The Bertz CT molecular complexity index is 1170. The minimum atomic E-state index is -4.60. The molecule has 1 saturated heterocycles. The van der Waals surface area contributed by atoms with Crippen LogP contribution in [0.4, 0.5) is 18.0 Å². The van der Waals surface area contributed by atoms with E-state index in [0.29, 0.717) is 26.1 Å². The summed E-state index contributed by atoms with van der Waals surface area (Å²) in [6.07, 6.45) is -0.612. The molecule has 2 atom stereocenters. The third kappa shape index (κ3) is 8.43. The number of amides is 2. The average molecular weight is 581 g/mol. The lowest BCUT2D eigenvalue weighted by Crippen LogP contribution is -2.55. The zero-order valence-corrected chi connectivity index (χ0v) is 24.3. The first-order valence-electron chi connectivity index (χ1n) is 13.8. The van der Waals surface area contributed by atoms with E-state index in [1.807, 2.05) is 30.9 Å². The van der Waals surface area contributed by atoms with E-state index in [1.54, 1.807) is 32.1 Å². The van der Waals surface area contributed by atoms with Gasteiger partial charge in [-0.1, -0.05) is 19.1 Å². The summed E-state index contributed by atoms with van der Waals surface area (Å²) >= 11 is 0. The van der Waals surface area contributed by atoms with Crippen LogP contribution >= 0.6 is 0 Å². The minimum Gasteiger partial charge on any atom is -0.497 e. The second kappa shape index (κ2) is 14.3. The van der Waals surface area contributed by atoms with E-state index >= 15 is 0 Å². The Balaban J connectivity index is 0.000000322. The van der Waals surface area contributed by atoms with Crippen LogP contribution in [0.1, 0.15) is 62.3 Å². The van der Waals surface area contributed by atoms with Gasteiger partial charge in [-0.15, -0.1) is 13.2 Å². The van der Waals surface area contributed by atoms with Crippen molar-refractivity contribution in [3.63, 3.8) is 0 Å². The Morgan fingerprint density at radius 2 is 1.76 bits per heavy atom. The fraction of sp³-hybridized carbons (Fsp3) is 0.533. The Labute approximate surface area is 239 Å². The largest absolute Gasteiger partial charge is 0.573 e. The van der Waals surface area contributed by atoms with Crippen LogP contribution in [-0.2, 0) is 16.0 Å². The number of likely N-dealkylation sites (tertiary alicyclic amines) is 1. The molecule has 2 amide bonds. The molecular weight excluding hydrogens is 541 g/mol. The molecule has 226 valence electrons. The molecule has 2 aliphatic heterocycles. The summed E-state index contributed by atoms with van der Waals surface area (Å²) in [5.74, 6) is 1.01. The molecule has 2 aromatic rings. The highest BCUT2D eigenvalue weighted by molar-refractivity contribution is 5.84. The van der Waals surface area contributed by atoms with Crippen molar-refractivity contribution in [3.8, 4) is 17.2 Å². The highest BCUT2D eigenvalue weighted by Crippen LogP contribution is 2.40. The fourth-order valence-electron chi connectivity index (χ4n) is 5.16. The van der Waals surface area contributed by atoms with Crippen molar-refractivity contribution < 1.29 is 41.7 Å². The number of piperidine rings is 1. The predicted molar refractivity (Wildman–Crippen MR) is 147 cm³/mol. The van der Waals surface area contributed by atoms with Gasteiger partial charge in [0.15, 0.2) is 0 Å². The lowest BCUT2D eigenvalue weighted by molar-refractivity contribution is -0.274. The number of carbonyl (C=O) groups excluding carboxylic acids is 2. The normalized spacial score (nSPS) is 18.4. The molecule has 0 saturated carbocycles. The smallest absolute Gasteiger partial charge is 0.497 e. The first-order valence-corrected chi connectivity index (χ1v) is 13.8. The second-order valence-electron chi connectivity index (χ2n) is 10.0. The number of nitrogens with zero attached hydrogens (tertiary/aromatic N) is 2. The van der Waals surface area contributed by atoms with Crippen molar-refractivity contribution in [1.82, 2.24) is 9.80 Å². The summed E-state index contributed by atoms with van der Waals surface area (Å²) in [7, 11) is 3.27. The van der Waals surface area contributed by atoms with Gasteiger partial charge in [-0.05, 0) is 75.3 Å². The van der Waals surface area contributed by atoms with Crippen LogP contribution in [0.25, 0.3) is 0 Å². The molecule has 2 unspecified atom stereocenters. The summed E-state index contributed by atoms with van der Waals surface area (Å²) in [4.78, 5) is 29.6. The summed E-state index contributed by atoms with van der Waals surface area (Å²) in [6, 6.07) is 8.93. The lowest BCUT2D eigenvalue weighted by Gasteiger charge is -2.42. The number of alkyl halides is 3. The van der Waals surface area contributed by atoms with E-state index in [1.165, 1.54) is 18.2 Å². The monoisotopic (exact) mass is 580 g/mol. The van der Waals surface area contributed by atoms with Gasteiger partial charge < -0.3 is 28.7 Å². The van der Waals surface area contributed by atoms with E-state index in [9.17, 15) is 22.8 Å². The average Bonchev–Trinajstić information content (AvgIpc) is 2.94. The summed E-state index contributed by atoms with van der Waals surface area (Å²) < 4.78 is 55.0. The number of urea groups is 1. The molecule has 41 heavy (non-hydrogen) atoms. The Kier molecular flexibility index (Phi) is 11.1. The quantitative estimate of drug-likeness (QED) is 0.366. The van der Waals surface area contributed by atoms with Crippen LogP contribution in [-0.4, -0.2) is 68.1 Å². The molecule has 0 N–H and O–H groups in total. The van der Waals surface area contributed by atoms with E-state index in [-0.39, 0.29) is 23.8 Å². The van der Waals surface area contributed by atoms with E-state index in [2.05, 4.69) is 4.74 Å². The molecule has 0 aromatic heterocycles. The number of rotatable bonds is 6. The number of hydrogen-bond acceptors (Lipinski definition) is 6. The Morgan fingerprint density at radius 1 is 1.00 bits per heavy atom. The number of halogens is 3. The predicted octanol–water partition coefficient (Wildman–Crippen LogP) is 6.44. The van der Waals surface area contributed by atoms with Gasteiger partial charge in [0.2, 0.25) is 0 Å². The molecule has 0 spiro atoms. The molecule has 8 nitrogen and oxygen atoms in total. The van der Waals surface area contributed by atoms with Crippen LogP contribution in [0.3, 0.4) is 0 Å². The van der Waals surface area contributed by atoms with Gasteiger partial charge in [0, 0.05) is 24.7 Å². The van der Waals surface area contributed by atoms with Gasteiger partial charge in [-0.2, -0.15) is 0 Å². The van der Waals surface area contributed by atoms with Crippen molar-refractivity contribution in [3.05, 3.63) is 53.1 Å². The molecule has 2 aliphatic rings. The van der Waals surface area contributed by atoms with E-state index < -0.39 is 12.4 Å². The van der Waals surface area contributed by atoms with Gasteiger partial charge in [0.05, 0.1) is 26.9 Å². The number of ether oxygens (including phenoxy) is 4. The second-order valence-corrected chi connectivity index (χ2v) is 10.0. The topological polar surface area (TPSA) is 77.5 Å². The van der Waals surface area contributed by atoms with Crippen molar-refractivity contribution in [2.75, 3.05) is 33.9 Å². The maximum atomic E-state index is 13.5. The van der Waals surface area contributed by atoms with Gasteiger partial charge >= 0.3 is 18.4 Å².